The van der Waals surface area contributed by atoms with Crippen LogP contribution < -0.4 is 0 Å². The highest BCUT2D eigenvalue weighted by atomic mass is 32.2. The van der Waals surface area contributed by atoms with Crippen molar-refractivity contribution in [2.45, 2.75) is 23.8 Å². The van der Waals surface area contributed by atoms with Gasteiger partial charge >= 0.3 is 0 Å². The van der Waals surface area contributed by atoms with Gasteiger partial charge in [-0.1, -0.05) is 96.7 Å². The molecular weight excluding hydrogens is 474 g/mol. The number of hydrogen-bond acceptors (Lipinski definition) is 5. The zero-order chi connectivity index (χ0) is 25.0. The second-order valence-corrected chi connectivity index (χ2v) is 11.2. The summed E-state index contributed by atoms with van der Waals surface area (Å²) in [5, 5.41) is 1.00. The number of para-hydroxylation sites is 2. The number of imidazole rings is 1. The van der Waals surface area contributed by atoms with Crippen molar-refractivity contribution < 1.29 is 0 Å². The van der Waals surface area contributed by atoms with Crippen LogP contribution in [-0.2, 0) is 4.75 Å². The summed E-state index contributed by atoms with van der Waals surface area (Å²) in [7, 11) is 0. The van der Waals surface area contributed by atoms with Gasteiger partial charge in [0.15, 0.2) is 22.6 Å². The van der Waals surface area contributed by atoms with Gasteiger partial charge < -0.3 is 0 Å². The molecule has 6 aromatic rings. The second kappa shape index (κ2) is 8.39. The number of nitrogens with zero attached hydrogens (tertiary/aromatic N) is 5. The molecule has 6 heteroatoms. The van der Waals surface area contributed by atoms with E-state index in [1.165, 1.54) is 5.56 Å². The Balaban J connectivity index is 1.46. The molecule has 0 amide bonds. The summed E-state index contributed by atoms with van der Waals surface area (Å²) < 4.78 is 2.15. The first kappa shape index (κ1) is 21.9. The zero-order valence-electron chi connectivity index (χ0n) is 20.5. The van der Waals surface area contributed by atoms with E-state index in [1.54, 1.807) is 11.8 Å². The standard InChI is InChI=1S/C31H23N5S/c1-31(2)23-18-17-22(19-26(23)36-25-16-10-9-15-24(25)32-30(36)37-31)29-34-27(20-11-5-3-6-12-20)33-28(35-29)21-13-7-4-8-14-21/h3-19H,1-2H3. The fourth-order valence-electron chi connectivity index (χ4n) is 4.89. The van der Waals surface area contributed by atoms with Crippen LogP contribution in [0.4, 0.5) is 0 Å². The number of benzene rings is 4. The minimum atomic E-state index is -0.116. The highest BCUT2D eigenvalue weighted by Crippen LogP contribution is 2.49. The van der Waals surface area contributed by atoms with Crippen molar-refractivity contribution in [2.24, 2.45) is 0 Å². The summed E-state index contributed by atoms with van der Waals surface area (Å²) >= 11 is 1.79. The summed E-state index contributed by atoms with van der Waals surface area (Å²) in [6.45, 7) is 4.51. The molecule has 1 aliphatic heterocycles. The topological polar surface area (TPSA) is 56.5 Å². The predicted molar refractivity (Wildman–Crippen MR) is 150 cm³/mol. The lowest BCUT2D eigenvalue weighted by molar-refractivity contribution is 0.729. The van der Waals surface area contributed by atoms with Gasteiger partial charge in [-0.15, -0.1) is 0 Å². The molecule has 0 fully saturated rings. The summed E-state index contributed by atoms with van der Waals surface area (Å²) in [6.07, 6.45) is 0. The van der Waals surface area contributed by atoms with Crippen molar-refractivity contribution in [1.29, 1.82) is 0 Å². The lowest BCUT2D eigenvalue weighted by Gasteiger charge is -2.32. The van der Waals surface area contributed by atoms with Crippen LogP contribution in [0.5, 0.6) is 0 Å². The van der Waals surface area contributed by atoms with Gasteiger partial charge in [0.05, 0.1) is 16.7 Å². The maximum Gasteiger partial charge on any atom is 0.174 e. The Labute approximate surface area is 219 Å². The molecule has 0 bridgehead atoms. The Morgan fingerprint density at radius 1 is 0.595 bits per heavy atom. The molecular formula is C31H23N5S. The van der Waals surface area contributed by atoms with E-state index in [-0.39, 0.29) is 4.75 Å². The number of aromatic nitrogens is 5. The van der Waals surface area contributed by atoms with Gasteiger partial charge in [0.2, 0.25) is 0 Å². The Kier molecular flexibility index (Phi) is 4.98. The van der Waals surface area contributed by atoms with Crippen LogP contribution >= 0.6 is 11.8 Å². The fraction of sp³-hybridized carbons (Fsp3) is 0.0968. The average molecular weight is 498 g/mol. The lowest BCUT2D eigenvalue weighted by Crippen LogP contribution is -2.21. The van der Waals surface area contributed by atoms with Crippen LogP contribution in [0.2, 0.25) is 0 Å². The molecule has 0 atom stereocenters. The van der Waals surface area contributed by atoms with Gasteiger partial charge in [-0.3, -0.25) is 4.57 Å². The molecule has 0 radical (unpaired) electrons. The van der Waals surface area contributed by atoms with Crippen LogP contribution in [0.1, 0.15) is 19.4 Å². The Morgan fingerprint density at radius 3 is 1.81 bits per heavy atom. The molecule has 5 nitrogen and oxygen atoms in total. The first-order valence-corrected chi connectivity index (χ1v) is 13.1. The minimum absolute atomic E-state index is 0.116. The number of thioether (sulfide) groups is 1. The van der Waals surface area contributed by atoms with Crippen molar-refractivity contribution in [1.82, 2.24) is 24.5 Å². The minimum Gasteiger partial charge on any atom is -0.287 e. The van der Waals surface area contributed by atoms with E-state index in [0.717, 1.165) is 38.6 Å². The Hall–Kier alpha value is -4.29. The zero-order valence-corrected chi connectivity index (χ0v) is 21.3. The third-order valence-electron chi connectivity index (χ3n) is 6.72. The molecule has 37 heavy (non-hydrogen) atoms. The smallest absolute Gasteiger partial charge is 0.174 e. The molecule has 1 aliphatic rings. The molecule has 0 unspecified atom stereocenters. The Morgan fingerprint density at radius 2 is 1.16 bits per heavy atom. The van der Waals surface area contributed by atoms with Crippen molar-refractivity contribution in [3.63, 3.8) is 0 Å². The van der Waals surface area contributed by atoms with E-state index < -0.39 is 0 Å². The third-order valence-corrected chi connectivity index (χ3v) is 7.91. The molecule has 0 saturated heterocycles. The van der Waals surface area contributed by atoms with E-state index in [9.17, 15) is 0 Å². The summed E-state index contributed by atoms with van der Waals surface area (Å²) in [5.41, 5.74) is 7.34. The summed E-state index contributed by atoms with van der Waals surface area (Å²) in [6, 6.07) is 35.0. The fourth-order valence-corrected chi connectivity index (χ4v) is 6.06. The predicted octanol–water partition coefficient (Wildman–Crippen LogP) is 7.55. The second-order valence-electron chi connectivity index (χ2n) is 9.60. The van der Waals surface area contributed by atoms with Crippen LogP contribution in [0.3, 0.4) is 0 Å². The van der Waals surface area contributed by atoms with E-state index in [0.29, 0.717) is 17.5 Å². The van der Waals surface area contributed by atoms with Gasteiger partial charge in [-0.05, 0) is 37.6 Å². The first-order chi connectivity index (χ1) is 18.1. The normalized spacial score (nSPS) is 13.8. The van der Waals surface area contributed by atoms with Crippen LogP contribution in [-0.4, -0.2) is 24.5 Å². The van der Waals surface area contributed by atoms with Crippen molar-refractivity contribution >= 4 is 22.8 Å². The van der Waals surface area contributed by atoms with Gasteiger partial charge in [-0.2, -0.15) is 0 Å². The highest BCUT2D eigenvalue weighted by molar-refractivity contribution is 8.00. The summed E-state index contributed by atoms with van der Waals surface area (Å²) in [5.74, 6) is 1.97. The highest BCUT2D eigenvalue weighted by Gasteiger charge is 2.34. The van der Waals surface area contributed by atoms with Crippen LogP contribution in [0.25, 0.3) is 50.9 Å². The van der Waals surface area contributed by atoms with Gasteiger partial charge in [-0.25, -0.2) is 19.9 Å². The summed E-state index contributed by atoms with van der Waals surface area (Å²) in [4.78, 5) is 19.7. The maximum atomic E-state index is 4.94. The third kappa shape index (κ3) is 3.72. The largest absolute Gasteiger partial charge is 0.287 e. The Bertz CT molecular complexity index is 1720. The van der Waals surface area contributed by atoms with Crippen LogP contribution in [0, 0.1) is 0 Å². The molecule has 3 heterocycles. The maximum absolute atomic E-state index is 4.94. The van der Waals surface area contributed by atoms with Crippen LogP contribution in [0.15, 0.2) is 108 Å². The van der Waals surface area contributed by atoms with E-state index in [2.05, 4.69) is 54.8 Å². The molecule has 0 saturated carbocycles. The van der Waals surface area contributed by atoms with E-state index in [4.69, 9.17) is 19.9 Å². The molecule has 4 aromatic carbocycles. The monoisotopic (exact) mass is 497 g/mol. The van der Waals surface area contributed by atoms with Crippen molar-refractivity contribution in [3.8, 4) is 39.9 Å². The van der Waals surface area contributed by atoms with Gasteiger partial charge in [0.25, 0.3) is 0 Å². The van der Waals surface area contributed by atoms with Gasteiger partial charge in [0, 0.05) is 21.4 Å². The van der Waals surface area contributed by atoms with Crippen molar-refractivity contribution in [3.05, 3.63) is 109 Å². The van der Waals surface area contributed by atoms with E-state index in [1.807, 2.05) is 66.7 Å². The molecule has 7 rings (SSSR count). The number of fused-ring (bicyclic) bond motifs is 5. The van der Waals surface area contributed by atoms with E-state index >= 15 is 0 Å². The lowest BCUT2D eigenvalue weighted by atomic mass is 9.97. The molecule has 0 aliphatic carbocycles. The SMILES string of the molecule is CC1(C)Sc2nc3ccccc3n2-c2cc(-c3nc(-c4ccccc4)nc(-c4ccccc4)n3)ccc21. The average Bonchev–Trinajstić information content (AvgIpc) is 3.31. The number of rotatable bonds is 3. The quantitative estimate of drug-likeness (QED) is 0.253. The number of hydrogen-bond donors (Lipinski definition) is 0. The van der Waals surface area contributed by atoms with Crippen molar-refractivity contribution in [2.75, 3.05) is 0 Å². The molecule has 2 aromatic heterocycles. The molecule has 178 valence electrons. The molecule has 0 N–H and O–H groups in total. The van der Waals surface area contributed by atoms with Gasteiger partial charge in [0.1, 0.15) is 0 Å². The molecule has 0 spiro atoms. The first-order valence-electron chi connectivity index (χ1n) is 12.3.